The number of pyridine rings is 1. The highest BCUT2D eigenvalue weighted by Crippen LogP contribution is 2.45. The van der Waals surface area contributed by atoms with Crippen LogP contribution in [0.15, 0.2) is 18.3 Å². The number of hydrogen-bond acceptors (Lipinski definition) is 3. The third-order valence-corrected chi connectivity index (χ3v) is 5.82. The summed E-state index contributed by atoms with van der Waals surface area (Å²) < 4.78 is 1.86. The van der Waals surface area contributed by atoms with E-state index in [0.29, 0.717) is 18.5 Å². The molecule has 1 amide bonds. The summed E-state index contributed by atoms with van der Waals surface area (Å²) in [6.45, 7) is 4.71. The van der Waals surface area contributed by atoms with Gasteiger partial charge in [-0.2, -0.15) is 5.10 Å². The highest BCUT2D eigenvalue weighted by molar-refractivity contribution is 6.01. The van der Waals surface area contributed by atoms with Crippen LogP contribution in [0.25, 0.3) is 5.52 Å². The largest absolute Gasteiger partial charge is 0.393 e. The van der Waals surface area contributed by atoms with Crippen molar-refractivity contribution in [3.8, 4) is 0 Å². The molecule has 1 saturated heterocycles. The van der Waals surface area contributed by atoms with Crippen molar-refractivity contribution in [2.75, 3.05) is 6.54 Å². The van der Waals surface area contributed by atoms with Gasteiger partial charge in [0.05, 0.1) is 23.4 Å². The number of carbonyl (C=O) groups is 1. The summed E-state index contributed by atoms with van der Waals surface area (Å²) in [4.78, 5) is 15.2. The zero-order valence-corrected chi connectivity index (χ0v) is 13.7. The van der Waals surface area contributed by atoms with Crippen LogP contribution in [-0.2, 0) is 0 Å². The van der Waals surface area contributed by atoms with Gasteiger partial charge in [-0.25, -0.2) is 4.52 Å². The molecule has 1 aliphatic heterocycles. The van der Waals surface area contributed by atoms with Gasteiger partial charge in [-0.05, 0) is 57.6 Å². The first-order valence-electron chi connectivity index (χ1n) is 8.46. The number of aliphatic hydroxyl groups is 1. The number of aromatic nitrogens is 2. The molecular weight excluding hydrogens is 290 g/mol. The fourth-order valence-corrected chi connectivity index (χ4v) is 4.13. The zero-order chi connectivity index (χ0) is 16.2. The van der Waals surface area contributed by atoms with Crippen LogP contribution in [0.2, 0.25) is 0 Å². The van der Waals surface area contributed by atoms with Crippen LogP contribution in [0.4, 0.5) is 0 Å². The average Bonchev–Trinajstić information content (AvgIpc) is 2.93. The SMILES string of the molecule is Cc1ccc2c(C(=O)N3CCC(O)CC34CCC4)cnn2c1C. The van der Waals surface area contributed by atoms with Crippen molar-refractivity contribution in [2.45, 2.75) is 57.6 Å². The van der Waals surface area contributed by atoms with E-state index >= 15 is 0 Å². The molecule has 4 rings (SSSR count). The van der Waals surface area contributed by atoms with Crippen LogP contribution in [0.5, 0.6) is 0 Å². The first-order valence-corrected chi connectivity index (χ1v) is 8.46. The van der Waals surface area contributed by atoms with Gasteiger partial charge in [-0.3, -0.25) is 4.79 Å². The van der Waals surface area contributed by atoms with Crippen molar-refractivity contribution in [2.24, 2.45) is 0 Å². The van der Waals surface area contributed by atoms with Gasteiger partial charge < -0.3 is 10.0 Å². The molecule has 122 valence electrons. The molecule has 1 N–H and O–H groups in total. The quantitative estimate of drug-likeness (QED) is 0.880. The molecule has 2 aromatic rings. The van der Waals surface area contributed by atoms with E-state index < -0.39 is 0 Å². The van der Waals surface area contributed by atoms with Crippen LogP contribution in [0, 0.1) is 13.8 Å². The van der Waals surface area contributed by atoms with Gasteiger partial charge >= 0.3 is 0 Å². The third-order valence-electron chi connectivity index (χ3n) is 5.82. The highest BCUT2D eigenvalue weighted by Gasteiger charge is 2.48. The van der Waals surface area contributed by atoms with Crippen molar-refractivity contribution in [1.82, 2.24) is 14.5 Å². The van der Waals surface area contributed by atoms with Crippen molar-refractivity contribution < 1.29 is 9.90 Å². The minimum atomic E-state index is -0.270. The third kappa shape index (κ3) is 2.10. The fraction of sp³-hybridized carbons (Fsp3) is 0.556. The Morgan fingerprint density at radius 3 is 2.83 bits per heavy atom. The molecule has 0 radical (unpaired) electrons. The number of nitrogens with zero attached hydrogens (tertiary/aromatic N) is 3. The number of aliphatic hydroxyl groups excluding tert-OH is 1. The molecule has 0 bridgehead atoms. The Morgan fingerprint density at radius 1 is 1.35 bits per heavy atom. The van der Waals surface area contributed by atoms with Crippen LogP contribution in [-0.4, -0.2) is 43.7 Å². The smallest absolute Gasteiger partial charge is 0.258 e. The lowest BCUT2D eigenvalue weighted by Gasteiger charge is -2.54. The predicted molar refractivity (Wildman–Crippen MR) is 87.5 cm³/mol. The summed E-state index contributed by atoms with van der Waals surface area (Å²) in [6.07, 6.45) is 5.97. The molecule has 2 fully saturated rings. The molecule has 2 aliphatic rings. The Balaban J connectivity index is 1.73. The number of amides is 1. The molecular formula is C18H23N3O2. The molecule has 23 heavy (non-hydrogen) atoms. The molecule has 2 aromatic heterocycles. The van der Waals surface area contributed by atoms with E-state index in [1.54, 1.807) is 6.20 Å². The summed E-state index contributed by atoms with van der Waals surface area (Å²) in [5.74, 6) is 0.0647. The predicted octanol–water partition coefficient (Wildman–Crippen LogP) is 2.47. The summed E-state index contributed by atoms with van der Waals surface area (Å²) in [6, 6.07) is 4.02. The minimum Gasteiger partial charge on any atom is -0.393 e. The molecule has 1 unspecified atom stereocenters. The summed E-state index contributed by atoms with van der Waals surface area (Å²) in [5, 5.41) is 14.4. The number of carbonyl (C=O) groups excluding carboxylic acids is 1. The second-order valence-electron chi connectivity index (χ2n) is 7.14. The lowest BCUT2D eigenvalue weighted by molar-refractivity contribution is -0.0483. The number of hydrogen-bond donors (Lipinski definition) is 1. The Morgan fingerprint density at radius 2 is 2.13 bits per heavy atom. The normalized spacial score (nSPS) is 23.3. The second kappa shape index (κ2) is 5.06. The van der Waals surface area contributed by atoms with E-state index in [1.165, 1.54) is 0 Å². The van der Waals surface area contributed by atoms with Crippen molar-refractivity contribution in [3.05, 3.63) is 35.2 Å². The van der Waals surface area contributed by atoms with E-state index in [4.69, 9.17) is 0 Å². The van der Waals surface area contributed by atoms with Gasteiger partial charge in [0.15, 0.2) is 0 Å². The van der Waals surface area contributed by atoms with Crippen LogP contribution in [0.3, 0.4) is 0 Å². The highest BCUT2D eigenvalue weighted by atomic mass is 16.3. The van der Waals surface area contributed by atoms with Crippen LogP contribution < -0.4 is 0 Å². The Labute approximate surface area is 135 Å². The van der Waals surface area contributed by atoms with Crippen molar-refractivity contribution in [1.29, 1.82) is 0 Å². The first kappa shape index (κ1) is 14.7. The van der Waals surface area contributed by atoms with E-state index in [-0.39, 0.29) is 17.6 Å². The second-order valence-corrected chi connectivity index (χ2v) is 7.14. The van der Waals surface area contributed by atoms with Gasteiger partial charge in [0, 0.05) is 17.8 Å². The molecule has 5 nitrogen and oxygen atoms in total. The summed E-state index contributed by atoms with van der Waals surface area (Å²) in [7, 11) is 0. The van der Waals surface area contributed by atoms with E-state index in [0.717, 1.165) is 42.5 Å². The monoisotopic (exact) mass is 313 g/mol. The molecule has 3 heterocycles. The lowest BCUT2D eigenvalue weighted by Crippen LogP contribution is -2.61. The lowest BCUT2D eigenvalue weighted by atomic mass is 9.69. The Kier molecular flexibility index (Phi) is 3.23. The standard InChI is InChI=1S/C18H23N3O2/c1-12-4-5-16-15(11-19-21(16)13(12)2)17(23)20-9-6-14(22)10-18(20)7-3-8-18/h4-5,11,14,22H,3,6-10H2,1-2H3. The van der Waals surface area contributed by atoms with E-state index in [1.807, 2.05) is 35.4 Å². The Bertz CT molecular complexity index is 776. The van der Waals surface area contributed by atoms with E-state index in [2.05, 4.69) is 5.10 Å². The van der Waals surface area contributed by atoms with Crippen molar-refractivity contribution in [3.63, 3.8) is 0 Å². The summed E-state index contributed by atoms with van der Waals surface area (Å²) in [5.41, 5.74) is 3.66. The topological polar surface area (TPSA) is 57.8 Å². The van der Waals surface area contributed by atoms with Crippen LogP contribution >= 0.6 is 0 Å². The maximum absolute atomic E-state index is 13.2. The van der Waals surface area contributed by atoms with Gasteiger partial charge in [0.2, 0.25) is 0 Å². The fourth-order valence-electron chi connectivity index (χ4n) is 4.13. The number of rotatable bonds is 1. The molecule has 1 spiro atoms. The number of likely N-dealkylation sites (tertiary alicyclic amines) is 1. The molecule has 1 saturated carbocycles. The maximum Gasteiger partial charge on any atom is 0.258 e. The van der Waals surface area contributed by atoms with Gasteiger partial charge in [-0.15, -0.1) is 0 Å². The van der Waals surface area contributed by atoms with Gasteiger partial charge in [0.1, 0.15) is 0 Å². The number of piperidine rings is 1. The van der Waals surface area contributed by atoms with Crippen molar-refractivity contribution >= 4 is 11.4 Å². The first-order chi connectivity index (χ1) is 11.0. The molecule has 1 atom stereocenters. The number of aryl methyl sites for hydroxylation is 2. The zero-order valence-electron chi connectivity index (χ0n) is 13.7. The van der Waals surface area contributed by atoms with Gasteiger partial charge in [0.25, 0.3) is 5.91 Å². The maximum atomic E-state index is 13.2. The van der Waals surface area contributed by atoms with E-state index in [9.17, 15) is 9.90 Å². The van der Waals surface area contributed by atoms with Gasteiger partial charge in [-0.1, -0.05) is 6.07 Å². The Hall–Kier alpha value is -1.88. The minimum absolute atomic E-state index is 0.0647. The molecule has 0 aromatic carbocycles. The molecule has 5 heteroatoms. The average molecular weight is 313 g/mol. The summed E-state index contributed by atoms with van der Waals surface area (Å²) >= 11 is 0. The molecule has 1 aliphatic carbocycles. The van der Waals surface area contributed by atoms with Crippen LogP contribution in [0.1, 0.15) is 53.7 Å². The number of fused-ring (bicyclic) bond motifs is 1.